The van der Waals surface area contributed by atoms with E-state index in [1.54, 1.807) is 7.11 Å². The molecule has 0 saturated carbocycles. The summed E-state index contributed by atoms with van der Waals surface area (Å²) in [5, 5.41) is 0. The van der Waals surface area contributed by atoms with Gasteiger partial charge in [0.1, 0.15) is 0 Å². The molecule has 19 heavy (non-hydrogen) atoms. The van der Waals surface area contributed by atoms with Crippen LogP contribution in [0.15, 0.2) is 15.8 Å². The zero-order valence-electron chi connectivity index (χ0n) is 10.7. The monoisotopic (exact) mass is 384 g/mol. The number of H-pyrrole nitrogens is 1. The predicted octanol–water partition coefficient (Wildman–Crippen LogP) is -0.179. The second-order valence-electron chi connectivity index (χ2n) is 3.65. The van der Waals surface area contributed by atoms with Gasteiger partial charge in [0.25, 0.3) is 5.56 Å². The largest absolute Gasteiger partial charge is 0.382 e. The fourth-order valence-corrected chi connectivity index (χ4v) is 1.75. The molecule has 0 aromatic carbocycles. The van der Waals surface area contributed by atoms with E-state index in [1.165, 1.54) is 10.8 Å². The van der Waals surface area contributed by atoms with Crippen molar-refractivity contribution in [1.29, 1.82) is 0 Å². The summed E-state index contributed by atoms with van der Waals surface area (Å²) in [4.78, 5) is 24.8. The van der Waals surface area contributed by atoms with Crippen molar-refractivity contribution in [3.63, 3.8) is 0 Å². The average Bonchev–Trinajstić information content (AvgIpc) is 2.38. The molecule has 0 radical (unpaired) electrons. The van der Waals surface area contributed by atoms with Gasteiger partial charge in [0.05, 0.1) is 43.1 Å². The van der Waals surface area contributed by atoms with Crippen LogP contribution in [0.1, 0.15) is 0 Å². The Labute approximate surface area is 124 Å². The molecule has 8 heteroatoms. The van der Waals surface area contributed by atoms with E-state index >= 15 is 0 Å². The molecule has 1 N–H and O–H groups in total. The summed E-state index contributed by atoms with van der Waals surface area (Å²) in [5.41, 5.74) is -0.792. The summed E-state index contributed by atoms with van der Waals surface area (Å²) in [6.07, 6.45) is 1.51. The van der Waals surface area contributed by atoms with E-state index in [4.69, 9.17) is 14.2 Å². The van der Waals surface area contributed by atoms with E-state index in [1.807, 2.05) is 22.6 Å². The van der Waals surface area contributed by atoms with E-state index in [-0.39, 0.29) is 5.56 Å². The summed E-state index contributed by atoms with van der Waals surface area (Å²) in [5.74, 6) is 0. The molecule has 0 atom stereocenters. The lowest BCUT2D eigenvalue weighted by atomic mass is 10.6. The number of halogens is 1. The van der Waals surface area contributed by atoms with Crippen LogP contribution in [0.2, 0.25) is 0 Å². The van der Waals surface area contributed by atoms with Crippen LogP contribution in [0, 0.1) is 3.57 Å². The normalized spacial score (nSPS) is 10.8. The van der Waals surface area contributed by atoms with Crippen molar-refractivity contribution in [1.82, 2.24) is 9.55 Å². The molecule has 1 rings (SSSR count). The van der Waals surface area contributed by atoms with Gasteiger partial charge in [-0.05, 0) is 22.6 Å². The molecular weight excluding hydrogens is 367 g/mol. The average molecular weight is 384 g/mol. The Morgan fingerprint density at radius 2 is 1.79 bits per heavy atom. The second kappa shape index (κ2) is 9.23. The van der Waals surface area contributed by atoms with E-state index in [2.05, 4.69) is 4.98 Å². The molecule has 1 heterocycles. The third-order valence-corrected chi connectivity index (χ3v) is 3.02. The van der Waals surface area contributed by atoms with Gasteiger partial charge in [0.15, 0.2) is 0 Å². The van der Waals surface area contributed by atoms with Gasteiger partial charge < -0.3 is 14.2 Å². The molecule has 108 valence electrons. The smallest absolute Gasteiger partial charge is 0.328 e. The minimum atomic E-state index is -0.426. The molecule has 0 saturated heterocycles. The maximum absolute atomic E-state index is 11.4. The van der Waals surface area contributed by atoms with E-state index in [0.717, 1.165) is 0 Å². The zero-order valence-corrected chi connectivity index (χ0v) is 12.8. The van der Waals surface area contributed by atoms with E-state index in [0.29, 0.717) is 43.1 Å². The molecule has 0 fully saturated rings. The Kier molecular flexibility index (Phi) is 7.94. The van der Waals surface area contributed by atoms with Crippen LogP contribution in [0.3, 0.4) is 0 Å². The van der Waals surface area contributed by atoms with Crippen LogP contribution in [0.25, 0.3) is 0 Å². The van der Waals surface area contributed by atoms with Gasteiger partial charge in [-0.2, -0.15) is 0 Å². The van der Waals surface area contributed by atoms with Gasteiger partial charge in [-0.3, -0.25) is 14.3 Å². The van der Waals surface area contributed by atoms with Crippen LogP contribution in [0.5, 0.6) is 0 Å². The van der Waals surface area contributed by atoms with Crippen molar-refractivity contribution < 1.29 is 14.2 Å². The Morgan fingerprint density at radius 1 is 1.16 bits per heavy atom. The summed E-state index contributed by atoms with van der Waals surface area (Å²) in [6, 6.07) is 0. The highest BCUT2D eigenvalue weighted by molar-refractivity contribution is 14.1. The molecule has 0 bridgehead atoms. The van der Waals surface area contributed by atoms with Crippen molar-refractivity contribution in [2.45, 2.75) is 6.54 Å². The lowest BCUT2D eigenvalue weighted by molar-refractivity contribution is 0.0228. The highest BCUT2D eigenvalue weighted by atomic mass is 127. The number of aromatic nitrogens is 2. The lowest BCUT2D eigenvalue weighted by Crippen LogP contribution is -2.32. The first-order chi connectivity index (χ1) is 9.15. The van der Waals surface area contributed by atoms with Gasteiger partial charge in [0, 0.05) is 13.3 Å². The first-order valence-electron chi connectivity index (χ1n) is 5.79. The van der Waals surface area contributed by atoms with Gasteiger partial charge in [-0.15, -0.1) is 0 Å². The summed E-state index contributed by atoms with van der Waals surface area (Å²) in [6.45, 7) is 2.82. The highest BCUT2D eigenvalue weighted by Crippen LogP contribution is 1.92. The van der Waals surface area contributed by atoms with Crippen LogP contribution < -0.4 is 11.2 Å². The summed E-state index contributed by atoms with van der Waals surface area (Å²) < 4.78 is 17.3. The Bertz CT molecular complexity index is 485. The fraction of sp³-hybridized carbons (Fsp3) is 0.636. The minimum Gasteiger partial charge on any atom is -0.382 e. The molecular formula is C11H17IN2O5. The van der Waals surface area contributed by atoms with Crippen molar-refractivity contribution in [2.75, 3.05) is 40.1 Å². The molecule has 1 aromatic heterocycles. The molecule has 7 nitrogen and oxygen atoms in total. The van der Waals surface area contributed by atoms with Gasteiger partial charge in [-0.1, -0.05) is 0 Å². The van der Waals surface area contributed by atoms with E-state index < -0.39 is 5.69 Å². The number of nitrogens with zero attached hydrogens (tertiary/aromatic N) is 1. The van der Waals surface area contributed by atoms with Gasteiger partial charge in [-0.25, -0.2) is 4.79 Å². The van der Waals surface area contributed by atoms with Crippen LogP contribution in [0.4, 0.5) is 0 Å². The molecule has 0 aliphatic carbocycles. The topological polar surface area (TPSA) is 82.6 Å². The van der Waals surface area contributed by atoms with Gasteiger partial charge >= 0.3 is 5.69 Å². The summed E-state index contributed by atoms with van der Waals surface area (Å²) >= 11 is 1.88. The van der Waals surface area contributed by atoms with Crippen LogP contribution >= 0.6 is 22.6 Å². The van der Waals surface area contributed by atoms with E-state index in [9.17, 15) is 9.59 Å². The Hall–Kier alpha value is -0.710. The number of hydrogen-bond donors (Lipinski definition) is 1. The minimum absolute atomic E-state index is 0.366. The molecule has 0 aliphatic rings. The third kappa shape index (κ3) is 6.32. The maximum atomic E-state index is 11.4. The molecule has 0 aliphatic heterocycles. The predicted molar refractivity (Wildman–Crippen MR) is 77.6 cm³/mol. The van der Waals surface area contributed by atoms with Crippen molar-refractivity contribution in [2.24, 2.45) is 0 Å². The Morgan fingerprint density at radius 3 is 2.47 bits per heavy atom. The molecule has 0 amide bonds. The number of rotatable bonds is 9. The number of hydrogen-bond acceptors (Lipinski definition) is 5. The van der Waals surface area contributed by atoms with Crippen molar-refractivity contribution >= 4 is 22.6 Å². The number of ether oxygens (including phenoxy) is 3. The third-order valence-electron chi connectivity index (χ3n) is 2.25. The van der Waals surface area contributed by atoms with Crippen LogP contribution in [-0.2, 0) is 20.8 Å². The molecule has 0 spiro atoms. The zero-order chi connectivity index (χ0) is 14.1. The highest BCUT2D eigenvalue weighted by Gasteiger charge is 2.01. The molecule has 0 unspecified atom stereocenters. The van der Waals surface area contributed by atoms with Crippen molar-refractivity contribution in [3.8, 4) is 0 Å². The first kappa shape index (κ1) is 16.3. The summed E-state index contributed by atoms with van der Waals surface area (Å²) in [7, 11) is 1.61. The quantitative estimate of drug-likeness (QED) is 0.472. The molecule has 1 aromatic rings. The fourth-order valence-electron chi connectivity index (χ4n) is 1.28. The second-order valence-corrected chi connectivity index (χ2v) is 4.81. The van der Waals surface area contributed by atoms with Crippen LogP contribution in [-0.4, -0.2) is 49.7 Å². The number of nitrogens with one attached hydrogen (secondary N) is 1. The maximum Gasteiger partial charge on any atom is 0.328 e. The standard InChI is InChI=1S/C11H17IN2O5/c1-17-4-5-19-7-6-18-3-2-14-8-9(12)10(15)13-11(14)16/h8H,2-7H2,1H3,(H,13,15,16). The van der Waals surface area contributed by atoms with Crippen molar-refractivity contribution in [3.05, 3.63) is 30.6 Å². The van der Waals surface area contributed by atoms with Gasteiger partial charge in [0.2, 0.25) is 0 Å². The first-order valence-corrected chi connectivity index (χ1v) is 6.86. The SMILES string of the molecule is COCCOCCOCCn1cc(I)c(=O)[nH]c1=O. The lowest BCUT2D eigenvalue weighted by Gasteiger charge is -2.07. The Balaban J connectivity index is 2.21. The number of methoxy groups -OCH3 is 1. The number of aromatic amines is 1.